The third kappa shape index (κ3) is 6.70. The molecule has 2 atom stereocenters. The van der Waals surface area contributed by atoms with Gasteiger partial charge >= 0.3 is 0 Å². The summed E-state index contributed by atoms with van der Waals surface area (Å²) in [6.45, 7) is 4.48. The van der Waals surface area contributed by atoms with Gasteiger partial charge in [0.2, 0.25) is 0 Å². The van der Waals surface area contributed by atoms with Crippen molar-refractivity contribution in [3.05, 3.63) is 137 Å². The normalized spacial score (nSPS) is 17.5. The van der Waals surface area contributed by atoms with Gasteiger partial charge in [-0.3, -0.25) is 33.8 Å². The third-order valence-corrected chi connectivity index (χ3v) is 13.7. The van der Waals surface area contributed by atoms with Gasteiger partial charge in [-0.05, 0) is 92.7 Å². The molecular weight excluding hydrogens is 785 g/mol. The van der Waals surface area contributed by atoms with E-state index in [1.165, 1.54) is 4.90 Å². The second-order valence-corrected chi connectivity index (χ2v) is 17.5. The van der Waals surface area contributed by atoms with Crippen LogP contribution in [0.25, 0.3) is 43.1 Å². The summed E-state index contributed by atoms with van der Waals surface area (Å²) in [5.74, 6) is -1.15. The Bertz CT molecular complexity index is 2860. The number of fused-ring (bicyclic) bond motifs is 2. The Morgan fingerprint density at radius 1 is 0.587 bits per heavy atom. The van der Waals surface area contributed by atoms with Crippen LogP contribution < -0.4 is 5.06 Å². The number of carbonyl (C=O) groups excluding carboxylic acids is 4. The van der Waals surface area contributed by atoms with Gasteiger partial charge in [-0.2, -0.15) is 5.26 Å². The molecule has 0 aromatic heterocycles. The van der Waals surface area contributed by atoms with Crippen LogP contribution in [-0.2, 0) is 11.4 Å². The van der Waals surface area contributed by atoms with Crippen molar-refractivity contribution in [2.24, 2.45) is 0 Å². The highest BCUT2D eigenvalue weighted by atomic mass is 16.7. The van der Waals surface area contributed by atoms with Crippen molar-refractivity contribution in [3.63, 3.8) is 0 Å². The lowest BCUT2D eigenvalue weighted by molar-refractivity contribution is 0.0514. The molecule has 0 bridgehead atoms. The number of hydroxylamine groups is 1. The van der Waals surface area contributed by atoms with Crippen LogP contribution in [-0.4, -0.2) is 45.6 Å². The molecular formula is C54H50N4O5. The van der Waals surface area contributed by atoms with Crippen LogP contribution in [0, 0.1) is 11.3 Å². The van der Waals surface area contributed by atoms with Gasteiger partial charge in [-0.15, -0.1) is 0 Å². The molecule has 0 radical (unpaired) electrons. The van der Waals surface area contributed by atoms with Crippen LogP contribution in [0.15, 0.2) is 103 Å². The summed E-state index contributed by atoms with van der Waals surface area (Å²) >= 11 is 0. The lowest BCUT2D eigenvalue weighted by atomic mass is 9.82. The number of unbranched alkanes of at least 4 members (excludes halogenated alkanes) is 6. The summed E-state index contributed by atoms with van der Waals surface area (Å²) in [5.41, 5.74) is 4.65. The number of para-hydroxylation sites is 1. The van der Waals surface area contributed by atoms with E-state index in [4.69, 9.17) is 4.84 Å². The predicted molar refractivity (Wildman–Crippen MR) is 247 cm³/mol. The topological polar surface area (TPSA) is 111 Å². The first-order chi connectivity index (χ1) is 30.8. The standard InChI is InChI=1S/C54H50N4O5/c1-3-5-7-10-14-35(15-11-8-6-4-2)57-53(61)44-28-24-40-38-22-26-42-49-43(27-23-39(47(38)49)41-25-29-45(54(57)62)50(44)48(40)41)52(60)56(51(42)59)32-33-18-20-34(21-19-33)46-30-37(31-55)63-58(46)36-16-12-9-13-17-36/h9,12-13,16-29,35,37,46H,3-8,10-11,14-15,30,32H2,1-2H3/t37-,46-/m0/s1. The van der Waals surface area contributed by atoms with Crippen LogP contribution >= 0.6 is 0 Å². The van der Waals surface area contributed by atoms with Gasteiger partial charge in [-0.25, -0.2) is 5.06 Å². The lowest BCUT2D eigenvalue weighted by Crippen LogP contribution is -2.47. The number of imide groups is 2. The molecule has 3 aliphatic rings. The monoisotopic (exact) mass is 834 g/mol. The van der Waals surface area contributed by atoms with E-state index in [2.05, 4.69) is 19.9 Å². The summed E-state index contributed by atoms with van der Waals surface area (Å²) in [7, 11) is 0. The molecule has 7 aromatic carbocycles. The zero-order valence-corrected chi connectivity index (χ0v) is 35.9. The minimum absolute atomic E-state index is 0.0951. The smallest absolute Gasteiger partial charge is 0.261 e. The van der Waals surface area contributed by atoms with Gasteiger partial charge in [0.15, 0.2) is 6.10 Å². The molecule has 0 saturated carbocycles. The molecule has 3 aliphatic heterocycles. The Morgan fingerprint density at radius 3 is 1.56 bits per heavy atom. The second-order valence-electron chi connectivity index (χ2n) is 17.5. The summed E-state index contributed by atoms with van der Waals surface area (Å²) in [6.07, 6.45) is 10.3. The lowest BCUT2D eigenvalue weighted by Gasteiger charge is -2.35. The van der Waals surface area contributed by atoms with E-state index >= 15 is 0 Å². The number of nitrogens with zero attached hydrogens (tertiary/aromatic N) is 4. The number of nitriles is 1. The van der Waals surface area contributed by atoms with Crippen molar-refractivity contribution < 1.29 is 24.0 Å². The molecule has 3 heterocycles. The van der Waals surface area contributed by atoms with Gasteiger partial charge in [-0.1, -0.05) is 132 Å². The first kappa shape index (κ1) is 40.4. The number of hydrogen-bond acceptors (Lipinski definition) is 7. The molecule has 0 spiro atoms. The zero-order chi connectivity index (χ0) is 43.4. The fourth-order valence-electron chi connectivity index (χ4n) is 10.6. The van der Waals surface area contributed by atoms with Gasteiger partial charge in [0.05, 0.1) is 24.3 Å². The van der Waals surface area contributed by atoms with Crippen molar-refractivity contribution >= 4 is 72.4 Å². The summed E-state index contributed by atoms with van der Waals surface area (Å²) in [6, 6.07) is 34.7. The highest BCUT2D eigenvalue weighted by Crippen LogP contribution is 2.47. The van der Waals surface area contributed by atoms with Crippen LogP contribution in [0.3, 0.4) is 0 Å². The highest BCUT2D eigenvalue weighted by Gasteiger charge is 2.40. The van der Waals surface area contributed by atoms with Crippen LogP contribution in [0.2, 0.25) is 0 Å². The van der Waals surface area contributed by atoms with Gasteiger partial charge in [0.25, 0.3) is 23.6 Å². The Hall–Kier alpha value is -6.63. The van der Waals surface area contributed by atoms with E-state index < -0.39 is 6.10 Å². The minimum atomic E-state index is -0.572. The van der Waals surface area contributed by atoms with Crippen molar-refractivity contribution in [1.82, 2.24) is 9.80 Å². The van der Waals surface area contributed by atoms with Crippen LogP contribution in [0.4, 0.5) is 5.69 Å². The molecule has 63 heavy (non-hydrogen) atoms. The maximum Gasteiger partial charge on any atom is 0.261 e. The van der Waals surface area contributed by atoms with Crippen LogP contribution in [0.5, 0.6) is 0 Å². The van der Waals surface area contributed by atoms with E-state index in [9.17, 15) is 24.4 Å². The fourth-order valence-corrected chi connectivity index (χ4v) is 10.6. The first-order valence-corrected chi connectivity index (χ1v) is 22.8. The number of rotatable bonds is 15. The molecule has 7 aromatic rings. The molecule has 4 amide bonds. The molecule has 0 aliphatic carbocycles. The number of benzene rings is 7. The average molecular weight is 835 g/mol. The van der Waals surface area contributed by atoms with Gasteiger partial charge < -0.3 is 0 Å². The molecule has 9 heteroatoms. The van der Waals surface area contributed by atoms with Crippen molar-refractivity contribution in [2.45, 2.75) is 109 Å². The maximum atomic E-state index is 14.5. The second kappa shape index (κ2) is 16.6. The molecule has 10 rings (SSSR count). The molecule has 0 unspecified atom stereocenters. The van der Waals surface area contributed by atoms with Gasteiger partial charge in [0.1, 0.15) is 0 Å². The number of hydrogen-bond donors (Lipinski definition) is 0. The Morgan fingerprint density at radius 2 is 1.08 bits per heavy atom. The largest absolute Gasteiger partial charge is 0.271 e. The molecule has 0 N–H and O–H groups in total. The Balaban J connectivity index is 0.975. The summed E-state index contributed by atoms with van der Waals surface area (Å²) in [4.78, 5) is 66.7. The quantitative estimate of drug-likeness (QED) is 0.0437. The SMILES string of the molecule is CCCCCCC(CCCCCC)N1C(=O)c2ccc3c4ccc5c6c(ccc(c7ccc(c2c37)C1=O)c64)C(=O)N(Cc1ccc([C@@H]2C[C@@H](C#N)ON2c2ccccc2)cc1)C5=O. The average Bonchev–Trinajstić information content (AvgIpc) is 3.76. The molecule has 1 fully saturated rings. The first-order valence-electron chi connectivity index (χ1n) is 22.8. The third-order valence-electron chi connectivity index (χ3n) is 13.7. The Kier molecular flexibility index (Phi) is 10.6. The number of amides is 4. The zero-order valence-electron chi connectivity index (χ0n) is 35.9. The van der Waals surface area contributed by atoms with E-state index in [-0.39, 0.29) is 42.3 Å². The minimum Gasteiger partial charge on any atom is -0.271 e. The van der Waals surface area contributed by atoms with E-state index in [0.29, 0.717) is 39.4 Å². The highest BCUT2D eigenvalue weighted by molar-refractivity contribution is 6.41. The van der Waals surface area contributed by atoms with Gasteiger partial charge in [0, 0.05) is 45.5 Å². The number of carbonyl (C=O) groups is 4. The van der Waals surface area contributed by atoms with Crippen LogP contribution in [0.1, 0.15) is 143 Å². The fraction of sp³-hybridized carbons (Fsp3) is 0.315. The Labute approximate surface area is 367 Å². The van der Waals surface area contributed by atoms with Crippen molar-refractivity contribution in [3.8, 4) is 6.07 Å². The molecule has 1 saturated heterocycles. The maximum absolute atomic E-state index is 14.5. The van der Waals surface area contributed by atoms with E-state index in [1.807, 2.05) is 103 Å². The van der Waals surface area contributed by atoms with Crippen molar-refractivity contribution in [2.75, 3.05) is 5.06 Å². The summed E-state index contributed by atoms with van der Waals surface area (Å²) in [5, 5.41) is 18.0. The number of anilines is 1. The van der Waals surface area contributed by atoms with E-state index in [1.54, 1.807) is 9.96 Å². The molecule has 9 nitrogen and oxygen atoms in total. The van der Waals surface area contributed by atoms with E-state index in [0.717, 1.165) is 113 Å². The predicted octanol–water partition coefficient (Wildman–Crippen LogP) is 12.2. The molecule has 316 valence electrons. The van der Waals surface area contributed by atoms with Crippen molar-refractivity contribution in [1.29, 1.82) is 5.26 Å². The summed E-state index contributed by atoms with van der Waals surface area (Å²) < 4.78 is 0.